The molecule has 0 saturated carbocycles. The number of benzene rings is 1. The van der Waals surface area contributed by atoms with E-state index in [0.29, 0.717) is 0 Å². The van der Waals surface area contributed by atoms with Crippen LogP contribution in [0.3, 0.4) is 0 Å². The topological polar surface area (TPSA) is 30.5 Å². The number of methoxy groups -OCH3 is 1. The molecule has 0 amide bonds. The van der Waals surface area contributed by atoms with E-state index in [1.54, 1.807) is 7.11 Å². The molecule has 0 bridgehead atoms. The van der Waals surface area contributed by atoms with Crippen LogP contribution < -0.4 is 5.32 Å². The standard InChI is InChI=1S/C14H23NO2S/c1-15-12-13-5-3-6-14(11-13)18-10-9-17-8-4-7-16-2/h3,5-6,11,15H,4,7-10,12H2,1-2H3. The van der Waals surface area contributed by atoms with E-state index in [1.165, 1.54) is 10.5 Å². The van der Waals surface area contributed by atoms with Gasteiger partial charge in [-0.05, 0) is 31.2 Å². The third kappa shape index (κ3) is 7.01. The third-order valence-electron chi connectivity index (χ3n) is 2.41. The van der Waals surface area contributed by atoms with Gasteiger partial charge in [-0.3, -0.25) is 0 Å². The highest BCUT2D eigenvalue weighted by molar-refractivity contribution is 7.99. The quantitative estimate of drug-likeness (QED) is 0.522. The fraction of sp³-hybridized carbons (Fsp3) is 0.571. The van der Waals surface area contributed by atoms with Crippen molar-refractivity contribution < 1.29 is 9.47 Å². The molecule has 3 nitrogen and oxygen atoms in total. The number of rotatable bonds is 10. The molecule has 0 atom stereocenters. The van der Waals surface area contributed by atoms with Gasteiger partial charge in [0.2, 0.25) is 0 Å². The molecule has 0 spiro atoms. The zero-order valence-electron chi connectivity index (χ0n) is 11.3. The highest BCUT2D eigenvalue weighted by Crippen LogP contribution is 2.18. The Morgan fingerprint density at radius 1 is 1.22 bits per heavy atom. The van der Waals surface area contributed by atoms with Gasteiger partial charge in [-0.2, -0.15) is 0 Å². The van der Waals surface area contributed by atoms with Crippen molar-refractivity contribution in [2.45, 2.75) is 17.9 Å². The molecule has 0 aliphatic rings. The van der Waals surface area contributed by atoms with Crippen LogP contribution >= 0.6 is 11.8 Å². The average Bonchev–Trinajstić information content (AvgIpc) is 2.39. The van der Waals surface area contributed by atoms with Crippen LogP contribution in [-0.2, 0) is 16.0 Å². The van der Waals surface area contributed by atoms with Crippen LogP contribution in [0.15, 0.2) is 29.2 Å². The summed E-state index contributed by atoms with van der Waals surface area (Å²) in [6.07, 6.45) is 0.971. The molecule has 1 aromatic rings. The van der Waals surface area contributed by atoms with Crippen LogP contribution in [0.4, 0.5) is 0 Å². The molecule has 0 unspecified atom stereocenters. The predicted molar refractivity (Wildman–Crippen MR) is 77.2 cm³/mol. The van der Waals surface area contributed by atoms with Crippen molar-refractivity contribution in [2.75, 3.05) is 39.7 Å². The minimum atomic E-state index is 0.777. The Morgan fingerprint density at radius 2 is 2.11 bits per heavy atom. The summed E-state index contributed by atoms with van der Waals surface area (Å²) in [5.41, 5.74) is 1.32. The molecule has 18 heavy (non-hydrogen) atoms. The van der Waals surface area contributed by atoms with E-state index < -0.39 is 0 Å². The molecule has 0 radical (unpaired) electrons. The summed E-state index contributed by atoms with van der Waals surface area (Å²) in [5.74, 6) is 0.996. The summed E-state index contributed by atoms with van der Waals surface area (Å²) in [7, 11) is 3.68. The van der Waals surface area contributed by atoms with Gasteiger partial charge in [0.05, 0.1) is 6.61 Å². The maximum atomic E-state index is 5.52. The van der Waals surface area contributed by atoms with Gasteiger partial charge < -0.3 is 14.8 Å². The molecule has 1 rings (SSSR count). The Labute approximate surface area is 114 Å². The van der Waals surface area contributed by atoms with E-state index in [9.17, 15) is 0 Å². The van der Waals surface area contributed by atoms with Gasteiger partial charge in [0.1, 0.15) is 0 Å². The lowest BCUT2D eigenvalue weighted by Gasteiger charge is -2.06. The molecule has 1 aromatic carbocycles. The summed E-state index contributed by atoms with van der Waals surface area (Å²) in [5, 5.41) is 3.16. The Hall–Kier alpha value is -0.550. The van der Waals surface area contributed by atoms with Crippen LogP contribution in [0.2, 0.25) is 0 Å². The average molecular weight is 269 g/mol. The highest BCUT2D eigenvalue weighted by atomic mass is 32.2. The Morgan fingerprint density at radius 3 is 2.89 bits per heavy atom. The van der Waals surface area contributed by atoms with Crippen LogP contribution in [0, 0.1) is 0 Å². The number of thioether (sulfide) groups is 1. The minimum Gasteiger partial charge on any atom is -0.385 e. The fourth-order valence-corrected chi connectivity index (χ4v) is 2.42. The highest BCUT2D eigenvalue weighted by Gasteiger charge is 1.97. The molecular formula is C14H23NO2S. The largest absolute Gasteiger partial charge is 0.385 e. The van der Waals surface area contributed by atoms with Crippen LogP contribution in [0.25, 0.3) is 0 Å². The molecule has 0 aliphatic carbocycles. The zero-order valence-corrected chi connectivity index (χ0v) is 12.1. The van der Waals surface area contributed by atoms with Gasteiger partial charge in [-0.25, -0.2) is 0 Å². The second-order valence-electron chi connectivity index (χ2n) is 3.98. The lowest BCUT2D eigenvalue weighted by atomic mass is 10.2. The molecule has 1 N–H and O–H groups in total. The summed E-state index contributed by atoms with van der Waals surface area (Å²) in [4.78, 5) is 1.31. The molecule has 4 heteroatoms. The van der Waals surface area contributed by atoms with Crippen molar-refractivity contribution in [3.63, 3.8) is 0 Å². The van der Waals surface area contributed by atoms with Crippen LogP contribution in [0.5, 0.6) is 0 Å². The van der Waals surface area contributed by atoms with Gasteiger partial charge in [-0.1, -0.05) is 12.1 Å². The maximum Gasteiger partial charge on any atom is 0.0560 e. The van der Waals surface area contributed by atoms with Crippen molar-refractivity contribution in [1.82, 2.24) is 5.32 Å². The van der Waals surface area contributed by atoms with E-state index in [2.05, 4.69) is 29.6 Å². The van der Waals surface area contributed by atoms with Gasteiger partial charge in [-0.15, -0.1) is 11.8 Å². The van der Waals surface area contributed by atoms with Crippen molar-refractivity contribution in [1.29, 1.82) is 0 Å². The summed E-state index contributed by atoms with van der Waals surface area (Å²) >= 11 is 1.84. The molecular weight excluding hydrogens is 246 g/mol. The monoisotopic (exact) mass is 269 g/mol. The van der Waals surface area contributed by atoms with E-state index in [4.69, 9.17) is 9.47 Å². The first-order valence-electron chi connectivity index (χ1n) is 6.30. The number of nitrogens with one attached hydrogen (secondary N) is 1. The molecule has 102 valence electrons. The van der Waals surface area contributed by atoms with Gasteiger partial charge >= 0.3 is 0 Å². The van der Waals surface area contributed by atoms with Gasteiger partial charge in [0.25, 0.3) is 0 Å². The lowest BCUT2D eigenvalue weighted by Crippen LogP contribution is -2.05. The van der Waals surface area contributed by atoms with Crippen LogP contribution in [0.1, 0.15) is 12.0 Å². The molecule has 0 saturated heterocycles. The second-order valence-corrected chi connectivity index (χ2v) is 5.15. The number of ether oxygens (including phenoxy) is 2. The third-order valence-corrected chi connectivity index (χ3v) is 3.37. The first-order valence-corrected chi connectivity index (χ1v) is 7.28. The summed E-state index contributed by atoms with van der Waals surface area (Å²) < 4.78 is 10.5. The van der Waals surface area contributed by atoms with Crippen molar-refractivity contribution in [3.05, 3.63) is 29.8 Å². The van der Waals surface area contributed by atoms with Gasteiger partial charge in [0.15, 0.2) is 0 Å². The Balaban J connectivity index is 2.13. The fourth-order valence-electron chi connectivity index (χ4n) is 1.58. The van der Waals surface area contributed by atoms with Crippen molar-refractivity contribution in [3.8, 4) is 0 Å². The predicted octanol–water partition coefficient (Wildman–Crippen LogP) is 2.55. The first-order chi connectivity index (χ1) is 8.86. The second kappa shape index (κ2) is 10.4. The van der Waals surface area contributed by atoms with E-state index in [1.807, 2.05) is 18.8 Å². The summed E-state index contributed by atoms with van der Waals surface area (Å²) in [6, 6.07) is 8.62. The molecule has 0 aliphatic heterocycles. The SMILES string of the molecule is CNCc1cccc(SCCOCCCOC)c1. The molecule has 0 fully saturated rings. The van der Waals surface area contributed by atoms with Crippen molar-refractivity contribution in [2.24, 2.45) is 0 Å². The molecule has 0 aromatic heterocycles. The molecule has 0 heterocycles. The lowest BCUT2D eigenvalue weighted by molar-refractivity contribution is 0.113. The zero-order chi connectivity index (χ0) is 13.1. The Bertz CT molecular complexity index is 320. The smallest absolute Gasteiger partial charge is 0.0560 e. The van der Waals surface area contributed by atoms with Crippen LogP contribution in [-0.4, -0.2) is 39.7 Å². The Kier molecular flexibility index (Phi) is 8.94. The normalized spacial score (nSPS) is 10.8. The van der Waals surface area contributed by atoms with Crippen molar-refractivity contribution >= 4 is 11.8 Å². The minimum absolute atomic E-state index is 0.777. The maximum absolute atomic E-state index is 5.52. The number of hydrogen-bond donors (Lipinski definition) is 1. The number of hydrogen-bond acceptors (Lipinski definition) is 4. The first kappa shape index (κ1) is 15.5. The van der Waals surface area contributed by atoms with E-state index >= 15 is 0 Å². The van der Waals surface area contributed by atoms with Gasteiger partial charge in [0, 0.05) is 37.5 Å². The summed E-state index contributed by atoms with van der Waals surface area (Å²) in [6.45, 7) is 3.28. The van der Waals surface area contributed by atoms with E-state index in [0.717, 1.165) is 38.5 Å². The van der Waals surface area contributed by atoms with E-state index in [-0.39, 0.29) is 0 Å².